The number of aliphatic hydroxyl groups excluding tert-OH is 1. The molecule has 0 aromatic heterocycles. The van der Waals surface area contributed by atoms with Gasteiger partial charge in [-0.1, -0.05) is 0 Å². The first kappa shape index (κ1) is 14.6. The minimum atomic E-state index is -4.55. The Labute approximate surface area is 114 Å². The van der Waals surface area contributed by atoms with Crippen molar-refractivity contribution in [2.75, 3.05) is 31.1 Å². The van der Waals surface area contributed by atoms with E-state index in [0.717, 1.165) is 6.07 Å². The maximum atomic E-state index is 12.9. The summed E-state index contributed by atoms with van der Waals surface area (Å²) in [5.74, 6) is 0. The molecule has 1 aliphatic heterocycles. The molecule has 0 aliphatic carbocycles. The Morgan fingerprint density at radius 1 is 1.45 bits per heavy atom. The van der Waals surface area contributed by atoms with Crippen molar-refractivity contribution in [3.63, 3.8) is 0 Å². The van der Waals surface area contributed by atoms with Gasteiger partial charge < -0.3 is 15.3 Å². The van der Waals surface area contributed by atoms with Gasteiger partial charge in [-0.15, -0.1) is 0 Å². The molecule has 1 aromatic rings. The molecule has 7 heteroatoms. The molecule has 1 aromatic carbocycles. The van der Waals surface area contributed by atoms with Crippen molar-refractivity contribution in [1.29, 1.82) is 5.26 Å². The van der Waals surface area contributed by atoms with Crippen molar-refractivity contribution in [2.24, 2.45) is 0 Å². The largest absolute Gasteiger partial charge is 0.417 e. The standard InChI is InChI=1S/C13H14F3N3O/c14-13(15,16)12-5-11(2-1-9(12)6-17)19-4-3-18-10(7-19)8-20/h1-2,5,10,18,20H,3-4,7-8H2. The summed E-state index contributed by atoms with van der Waals surface area (Å²) in [5, 5.41) is 20.9. The number of anilines is 1. The first-order valence-electron chi connectivity index (χ1n) is 6.16. The van der Waals surface area contributed by atoms with Gasteiger partial charge in [0.1, 0.15) is 0 Å². The first-order chi connectivity index (χ1) is 9.45. The van der Waals surface area contributed by atoms with Crippen LogP contribution in [0.4, 0.5) is 18.9 Å². The van der Waals surface area contributed by atoms with Gasteiger partial charge in [0.25, 0.3) is 0 Å². The molecule has 108 valence electrons. The van der Waals surface area contributed by atoms with Crippen molar-refractivity contribution in [2.45, 2.75) is 12.2 Å². The molecule has 2 rings (SSSR count). The van der Waals surface area contributed by atoms with Crippen LogP contribution in [0.25, 0.3) is 0 Å². The highest BCUT2D eigenvalue weighted by Gasteiger charge is 2.34. The van der Waals surface area contributed by atoms with E-state index in [9.17, 15) is 13.2 Å². The number of rotatable bonds is 2. The zero-order chi connectivity index (χ0) is 14.8. The van der Waals surface area contributed by atoms with Crippen LogP contribution >= 0.6 is 0 Å². The third-order valence-electron chi connectivity index (χ3n) is 3.27. The maximum absolute atomic E-state index is 12.9. The lowest BCUT2D eigenvalue weighted by molar-refractivity contribution is -0.137. The number of hydrogen-bond acceptors (Lipinski definition) is 4. The second kappa shape index (κ2) is 5.69. The summed E-state index contributed by atoms with van der Waals surface area (Å²) in [5.41, 5.74) is -0.886. The Bertz CT molecular complexity index is 525. The Morgan fingerprint density at radius 2 is 2.20 bits per heavy atom. The van der Waals surface area contributed by atoms with E-state index in [1.54, 1.807) is 11.0 Å². The molecule has 0 bridgehead atoms. The van der Waals surface area contributed by atoms with Crippen molar-refractivity contribution in [3.05, 3.63) is 29.3 Å². The third kappa shape index (κ3) is 3.03. The van der Waals surface area contributed by atoms with E-state index >= 15 is 0 Å². The molecule has 4 nitrogen and oxygen atoms in total. The smallest absolute Gasteiger partial charge is 0.395 e. The Kier molecular flexibility index (Phi) is 4.16. The normalized spacial score (nSPS) is 19.8. The van der Waals surface area contributed by atoms with Crippen LogP contribution < -0.4 is 10.2 Å². The first-order valence-corrected chi connectivity index (χ1v) is 6.16. The number of piperazine rings is 1. The number of benzene rings is 1. The third-order valence-corrected chi connectivity index (χ3v) is 3.27. The van der Waals surface area contributed by atoms with Crippen LogP contribution in [0, 0.1) is 11.3 Å². The molecule has 0 spiro atoms. The van der Waals surface area contributed by atoms with Crippen molar-refractivity contribution in [1.82, 2.24) is 5.32 Å². The van der Waals surface area contributed by atoms with Crippen LogP contribution in [-0.4, -0.2) is 37.4 Å². The maximum Gasteiger partial charge on any atom is 0.417 e. The van der Waals surface area contributed by atoms with Crippen LogP contribution in [0.2, 0.25) is 0 Å². The number of hydrogen-bond donors (Lipinski definition) is 2. The van der Waals surface area contributed by atoms with Gasteiger partial charge in [0.05, 0.1) is 23.8 Å². The van der Waals surface area contributed by atoms with E-state index < -0.39 is 11.7 Å². The summed E-state index contributed by atoms with van der Waals surface area (Å²) in [4.78, 5) is 1.77. The number of alkyl halides is 3. The van der Waals surface area contributed by atoms with Gasteiger partial charge in [0, 0.05) is 31.4 Å². The Morgan fingerprint density at radius 3 is 2.80 bits per heavy atom. The molecule has 1 heterocycles. The van der Waals surface area contributed by atoms with Gasteiger partial charge in [-0.2, -0.15) is 18.4 Å². The summed E-state index contributed by atoms with van der Waals surface area (Å²) >= 11 is 0. The number of nitriles is 1. The summed E-state index contributed by atoms with van der Waals surface area (Å²) in [6.45, 7) is 1.50. The van der Waals surface area contributed by atoms with E-state index in [0.29, 0.717) is 25.3 Å². The molecule has 20 heavy (non-hydrogen) atoms. The van der Waals surface area contributed by atoms with Gasteiger partial charge >= 0.3 is 6.18 Å². The summed E-state index contributed by atoms with van der Waals surface area (Å²) in [6, 6.07) is 5.10. The summed E-state index contributed by atoms with van der Waals surface area (Å²) < 4.78 is 38.7. The molecule has 0 amide bonds. The monoisotopic (exact) mass is 285 g/mol. The van der Waals surface area contributed by atoms with Gasteiger partial charge in [0.15, 0.2) is 0 Å². The van der Waals surface area contributed by atoms with Gasteiger partial charge in [-0.25, -0.2) is 0 Å². The highest BCUT2D eigenvalue weighted by Crippen LogP contribution is 2.34. The van der Waals surface area contributed by atoms with E-state index in [1.165, 1.54) is 12.1 Å². The highest BCUT2D eigenvalue weighted by molar-refractivity contribution is 5.55. The number of nitrogens with one attached hydrogen (secondary N) is 1. The van der Waals surface area contributed by atoms with E-state index in [4.69, 9.17) is 10.4 Å². The predicted octanol–water partition coefficient (Wildman–Crippen LogP) is 1.35. The van der Waals surface area contributed by atoms with Gasteiger partial charge in [-0.05, 0) is 18.2 Å². The van der Waals surface area contributed by atoms with Crippen LogP contribution in [0.1, 0.15) is 11.1 Å². The zero-order valence-corrected chi connectivity index (χ0v) is 10.6. The van der Waals surface area contributed by atoms with Crippen LogP contribution in [0.3, 0.4) is 0 Å². The lowest BCUT2D eigenvalue weighted by atomic mass is 10.1. The molecule has 1 aliphatic rings. The summed E-state index contributed by atoms with van der Waals surface area (Å²) in [6.07, 6.45) is -4.55. The molecule has 1 unspecified atom stereocenters. The number of aliphatic hydroxyl groups is 1. The number of nitrogens with zero attached hydrogens (tertiary/aromatic N) is 2. The fourth-order valence-corrected chi connectivity index (χ4v) is 2.24. The molecular formula is C13H14F3N3O. The SMILES string of the molecule is N#Cc1ccc(N2CCNC(CO)C2)cc1C(F)(F)F. The fourth-order valence-electron chi connectivity index (χ4n) is 2.24. The van der Waals surface area contributed by atoms with Crippen LogP contribution in [0.5, 0.6) is 0 Å². The molecule has 2 N–H and O–H groups in total. The molecule has 1 atom stereocenters. The van der Waals surface area contributed by atoms with E-state index in [1.807, 2.05) is 0 Å². The number of halogens is 3. The molecular weight excluding hydrogens is 271 g/mol. The van der Waals surface area contributed by atoms with Crippen molar-refractivity contribution >= 4 is 5.69 Å². The molecule has 1 saturated heterocycles. The minimum absolute atomic E-state index is 0.0705. The fraction of sp³-hybridized carbons (Fsp3) is 0.462. The van der Waals surface area contributed by atoms with Crippen LogP contribution in [-0.2, 0) is 6.18 Å². The van der Waals surface area contributed by atoms with Crippen molar-refractivity contribution < 1.29 is 18.3 Å². The Balaban J connectivity index is 2.32. The molecule has 0 radical (unpaired) electrons. The molecule has 0 saturated carbocycles. The lowest BCUT2D eigenvalue weighted by Crippen LogP contribution is -2.52. The zero-order valence-electron chi connectivity index (χ0n) is 10.6. The van der Waals surface area contributed by atoms with E-state index in [2.05, 4.69) is 5.32 Å². The second-order valence-corrected chi connectivity index (χ2v) is 4.62. The highest BCUT2D eigenvalue weighted by atomic mass is 19.4. The van der Waals surface area contributed by atoms with Crippen LogP contribution in [0.15, 0.2) is 18.2 Å². The Hall–Kier alpha value is -1.78. The quantitative estimate of drug-likeness (QED) is 0.861. The average Bonchev–Trinajstić information content (AvgIpc) is 2.45. The summed E-state index contributed by atoms with van der Waals surface area (Å²) in [7, 11) is 0. The van der Waals surface area contributed by atoms with Gasteiger partial charge in [0.2, 0.25) is 0 Å². The second-order valence-electron chi connectivity index (χ2n) is 4.62. The lowest BCUT2D eigenvalue weighted by Gasteiger charge is -2.34. The molecule has 1 fully saturated rings. The average molecular weight is 285 g/mol. The van der Waals surface area contributed by atoms with Crippen molar-refractivity contribution in [3.8, 4) is 6.07 Å². The van der Waals surface area contributed by atoms with Gasteiger partial charge in [-0.3, -0.25) is 0 Å². The predicted molar refractivity (Wildman–Crippen MR) is 67.2 cm³/mol. The van der Waals surface area contributed by atoms with E-state index in [-0.39, 0.29) is 18.2 Å². The minimum Gasteiger partial charge on any atom is -0.395 e. The topological polar surface area (TPSA) is 59.3 Å².